The summed E-state index contributed by atoms with van der Waals surface area (Å²) >= 11 is 0. The molecule has 1 aromatic heterocycles. The first-order valence-corrected chi connectivity index (χ1v) is 4.39. The normalized spacial score (nSPS) is 21.3. The van der Waals surface area contributed by atoms with Crippen LogP contribution in [0.15, 0.2) is 18.3 Å². The lowest BCUT2D eigenvalue weighted by Gasteiger charge is -2.24. The Bertz CT molecular complexity index is 289. The van der Waals surface area contributed by atoms with Crippen LogP contribution in [0.25, 0.3) is 0 Å². The zero-order valence-corrected chi connectivity index (χ0v) is 8.59. The molecule has 0 unspecified atom stereocenters. The van der Waals surface area contributed by atoms with Crippen molar-refractivity contribution in [1.82, 2.24) is 10.3 Å². The number of hydrogen-bond acceptors (Lipinski definition) is 4. The van der Waals surface area contributed by atoms with E-state index in [1.54, 1.807) is 6.20 Å². The van der Waals surface area contributed by atoms with Crippen molar-refractivity contribution in [2.45, 2.75) is 6.04 Å². The van der Waals surface area contributed by atoms with Gasteiger partial charge in [-0.15, -0.1) is 12.4 Å². The fourth-order valence-electron chi connectivity index (χ4n) is 1.49. The van der Waals surface area contributed by atoms with E-state index in [1.807, 2.05) is 12.1 Å². The molecule has 0 bridgehead atoms. The second kappa shape index (κ2) is 5.14. The Kier molecular flexibility index (Phi) is 4.13. The van der Waals surface area contributed by atoms with Crippen LogP contribution in [0.1, 0.15) is 11.6 Å². The Balaban J connectivity index is 0.000000980. The number of anilines is 1. The number of pyridine rings is 1. The van der Waals surface area contributed by atoms with Gasteiger partial charge < -0.3 is 15.8 Å². The SMILES string of the molecule is Cl.Nc1ncccc1[C@@H]1COCCN1. The van der Waals surface area contributed by atoms with Crippen LogP contribution in [-0.4, -0.2) is 24.7 Å². The molecule has 0 saturated carbocycles. The molecule has 2 rings (SSSR count). The summed E-state index contributed by atoms with van der Waals surface area (Å²) in [5.74, 6) is 0.588. The summed E-state index contributed by atoms with van der Waals surface area (Å²) < 4.78 is 5.35. The van der Waals surface area contributed by atoms with Crippen LogP contribution < -0.4 is 11.1 Å². The van der Waals surface area contributed by atoms with Crippen LogP contribution in [0.2, 0.25) is 0 Å². The molecule has 5 heteroatoms. The molecule has 4 nitrogen and oxygen atoms in total. The van der Waals surface area contributed by atoms with Crippen molar-refractivity contribution >= 4 is 18.2 Å². The van der Waals surface area contributed by atoms with E-state index in [1.165, 1.54) is 0 Å². The van der Waals surface area contributed by atoms with Gasteiger partial charge in [-0.2, -0.15) is 0 Å². The molecule has 0 spiro atoms. The number of nitrogens with two attached hydrogens (primary N) is 1. The highest BCUT2D eigenvalue weighted by Gasteiger charge is 2.17. The van der Waals surface area contributed by atoms with E-state index in [0.29, 0.717) is 12.4 Å². The van der Waals surface area contributed by atoms with Crippen LogP contribution >= 0.6 is 12.4 Å². The van der Waals surface area contributed by atoms with Gasteiger partial charge in [-0.3, -0.25) is 0 Å². The van der Waals surface area contributed by atoms with Crippen LogP contribution in [-0.2, 0) is 4.74 Å². The van der Waals surface area contributed by atoms with Gasteiger partial charge in [-0.25, -0.2) is 4.98 Å². The van der Waals surface area contributed by atoms with Crippen LogP contribution in [0, 0.1) is 0 Å². The van der Waals surface area contributed by atoms with E-state index in [-0.39, 0.29) is 18.4 Å². The molecule has 0 aliphatic carbocycles. The van der Waals surface area contributed by atoms with E-state index in [2.05, 4.69) is 10.3 Å². The Morgan fingerprint density at radius 2 is 2.43 bits per heavy atom. The molecule has 1 atom stereocenters. The minimum absolute atomic E-state index is 0. The molecule has 1 saturated heterocycles. The fourth-order valence-corrected chi connectivity index (χ4v) is 1.49. The van der Waals surface area contributed by atoms with Gasteiger partial charge in [-0.1, -0.05) is 6.07 Å². The molecule has 78 valence electrons. The molecule has 1 fully saturated rings. The van der Waals surface area contributed by atoms with E-state index in [9.17, 15) is 0 Å². The molecule has 14 heavy (non-hydrogen) atoms. The van der Waals surface area contributed by atoms with E-state index >= 15 is 0 Å². The largest absolute Gasteiger partial charge is 0.383 e. The Hall–Kier alpha value is -0.840. The van der Waals surface area contributed by atoms with Crippen LogP contribution in [0.3, 0.4) is 0 Å². The van der Waals surface area contributed by atoms with Gasteiger partial charge in [0.05, 0.1) is 19.3 Å². The van der Waals surface area contributed by atoms with Crippen molar-refractivity contribution < 1.29 is 4.74 Å². The van der Waals surface area contributed by atoms with Crippen molar-refractivity contribution in [2.75, 3.05) is 25.5 Å². The predicted molar refractivity (Wildman–Crippen MR) is 57.5 cm³/mol. The van der Waals surface area contributed by atoms with Crippen molar-refractivity contribution in [2.24, 2.45) is 0 Å². The highest BCUT2D eigenvalue weighted by molar-refractivity contribution is 5.85. The third-order valence-corrected chi connectivity index (χ3v) is 2.17. The zero-order chi connectivity index (χ0) is 9.10. The summed E-state index contributed by atoms with van der Waals surface area (Å²) in [4.78, 5) is 4.04. The lowest BCUT2D eigenvalue weighted by Crippen LogP contribution is -2.35. The van der Waals surface area contributed by atoms with Gasteiger partial charge >= 0.3 is 0 Å². The lowest BCUT2D eigenvalue weighted by molar-refractivity contribution is 0.0770. The van der Waals surface area contributed by atoms with E-state index in [0.717, 1.165) is 18.7 Å². The second-order valence-corrected chi connectivity index (χ2v) is 3.06. The number of hydrogen-bond donors (Lipinski definition) is 2. The maximum absolute atomic E-state index is 5.74. The van der Waals surface area contributed by atoms with Gasteiger partial charge in [0.15, 0.2) is 0 Å². The first kappa shape index (κ1) is 11.2. The number of nitrogens with zero attached hydrogens (tertiary/aromatic N) is 1. The number of ether oxygens (including phenoxy) is 1. The van der Waals surface area contributed by atoms with Gasteiger partial charge in [0, 0.05) is 18.3 Å². The number of nitrogens with one attached hydrogen (secondary N) is 1. The summed E-state index contributed by atoms with van der Waals surface area (Å²) in [6.45, 7) is 2.32. The van der Waals surface area contributed by atoms with Gasteiger partial charge in [0.25, 0.3) is 0 Å². The standard InChI is InChI=1S/C9H13N3O.ClH/c10-9-7(2-1-3-12-9)8-6-13-5-4-11-8;/h1-3,8,11H,4-6H2,(H2,10,12);1H/t8-;/m0./s1. The first-order chi connectivity index (χ1) is 6.38. The summed E-state index contributed by atoms with van der Waals surface area (Å²) in [5, 5.41) is 3.33. The highest BCUT2D eigenvalue weighted by atomic mass is 35.5. The predicted octanol–water partition coefficient (Wildman–Crippen LogP) is 0.746. The van der Waals surface area contributed by atoms with E-state index in [4.69, 9.17) is 10.5 Å². The average molecular weight is 216 g/mol. The van der Waals surface area contributed by atoms with Gasteiger partial charge in [0.2, 0.25) is 0 Å². The zero-order valence-electron chi connectivity index (χ0n) is 7.77. The van der Waals surface area contributed by atoms with Crippen LogP contribution in [0.5, 0.6) is 0 Å². The van der Waals surface area contributed by atoms with E-state index < -0.39 is 0 Å². The van der Waals surface area contributed by atoms with Crippen molar-refractivity contribution in [3.8, 4) is 0 Å². The smallest absolute Gasteiger partial charge is 0.128 e. The maximum Gasteiger partial charge on any atom is 0.128 e. The molecular weight excluding hydrogens is 202 g/mol. The molecule has 1 aromatic rings. The number of halogens is 1. The molecule has 2 heterocycles. The van der Waals surface area contributed by atoms with Crippen LogP contribution in [0.4, 0.5) is 5.82 Å². The second-order valence-electron chi connectivity index (χ2n) is 3.06. The van der Waals surface area contributed by atoms with Gasteiger partial charge in [-0.05, 0) is 6.07 Å². The molecule has 1 aliphatic heterocycles. The van der Waals surface area contributed by atoms with Crippen molar-refractivity contribution in [1.29, 1.82) is 0 Å². The van der Waals surface area contributed by atoms with Crippen molar-refractivity contribution in [3.05, 3.63) is 23.9 Å². The summed E-state index contributed by atoms with van der Waals surface area (Å²) in [6.07, 6.45) is 1.70. The number of nitrogen functional groups attached to an aromatic ring is 1. The number of aromatic nitrogens is 1. The number of morpholine rings is 1. The molecule has 0 aromatic carbocycles. The molecule has 1 aliphatic rings. The lowest BCUT2D eigenvalue weighted by atomic mass is 10.1. The molecule has 3 N–H and O–H groups in total. The molecular formula is C9H14ClN3O. The number of rotatable bonds is 1. The van der Waals surface area contributed by atoms with Crippen molar-refractivity contribution in [3.63, 3.8) is 0 Å². The summed E-state index contributed by atoms with van der Waals surface area (Å²) in [6, 6.07) is 4.07. The Morgan fingerprint density at radius 1 is 1.57 bits per heavy atom. The topological polar surface area (TPSA) is 60.2 Å². The average Bonchev–Trinajstić information content (AvgIpc) is 2.20. The van der Waals surface area contributed by atoms with Gasteiger partial charge in [0.1, 0.15) is 5.82 Å². The minimum Gasteiger partial charge on any atom is -0.383 e. The summed E-state index contributed by atoms with van der Waals surface area (Å²) in [5.41, 5.74) is 6.77. The highest BCUT2D eigenvalue weighted by Crippen LogP contribution is 2.19. The quantitative estimate of drug-likeness (QED) is 0.726. The summed E-state index contributed by atoms with van der Waals surface area (Å²) in [7, 11) is 0. The Labute approximate surface area is 89.3 Å². The molecule has 0 amide bonds. The fraction of sp³-hybridized carbons (Fsp3) is 0.444. The third-order valence-electron chi connectivity index (χ3n) is 2.17. The minimum atomic E-state index is 0. The third kappa shape index (κ3) is 2.35. The Morgan fingerprint density at radius 3 is 3.07 bits per heavy atom. The molecule has 0 radical (unpaired) electrons. The maximum atomic E-state index is 5.74. The monoisotopic (exact) mass is 215 g/mol. The first-order valence-electron chi connectivity index (χ1n) is 4.39.